The zero-order valence-corrected chi connectivity index (χ0v) is 7.67. The number of hydrogen-bond donors (Lipinski definition) is 1. The van der Waals surface area contributed by atoms with Crippen LogP contribution in [0, 0.1) is 11.3 Å². The van der Waals surface area contributed by atoms with Gasteiger partial charge in [-0.25, -0.2) is 0 Å². The molecule has 0 spiro atoms. The minimum Gasteiger partial charge on any atom is -0.465 e. The van der Waals surface area contributed by atoms with Crippen molar-refractivity contribution < 1.29 is 14.6 Å². The molecule has 0 aromatic carbocycles. The summed E-state index contributed by atoms with van der Waals surface area (Å²) in [6, 6.07) is 0. The van der Waals surface area contributed by atoms with Crippen LogP contribution >= 0.6 is 0 Å². The van der Waals surface area contributed by atoms with E-state index in [2.05, 4.69) is 13.8 Å². The number of aliphatic hydroxyl groups excluding tert-OH is 1. The molecule has 1 rings (SSSR count). The van der Waals surface area contributed by atoms with Crippen molar-refractivity contribution in [1.82, 2.24) is 0 Å². The Balaban J connectivity index is 2.14. The van der Waals surface area contributed by atoms with E-state index < -0.39 is 0 Å². The van der Waals surface area contributed by atoms with E-state index in [0.29, 0.717) is 13.0 Å². The molecule has 0 radical (unpaired) electrons. The van der Waals surface area contributed by atoms with Gasteiger partial charge in [0, 0.05) is 13.0 Å². The van der Waals surface area contributed by atoms with Gasteiger partial charge in [-0.2, -0.15) is 0 Å². The molecule has 1 atom stereocenters. The van der Waals surface area contributed by atoms with Gasteiger partial charge >= 0.3 is 5.97 Å². The van der Waals surface area contributed by atoms with E-state index in [9.17, 15) is 4.79 Å². The molecule has 1 unspecified atom stereocenters. The van der Waals surface area contributed by atoms with Crippen LogP contribution < -0.4 is 0 Å². The summed E-state index contributed by atoms with van der Waals surface area (Å²) in [5, 5.41) is 8.44. The van der Waals surface area contributed by atoms with Gasteiger partial charge in [-0.3, -0.25) is 4.79 Å². The highest BCUT2D eigenvalue weighted by Gasteiger charge is 2.51. The summed E-state index contributed by atoms with van der Waals surface area (Å²) in [7, 11) is 0. The van der Waals surface area contributed by atoms with E-state index in [-0.39, 0.29) is 23.9 Å². The van der Waals surface area contributed by atoms with Crippen LogP contribution in [0.1, 0.15) is 26.7 Å². The van der Waals surface area contributed by atoms with Gasteiger partial charge in [-0.05, 0) is 11.8 Å². The molecule has 0 amide bonds. The number of esters is 1. The van der Waals surface area contributed by atoms with Crippen LogP contribution in [0.5, 0.6) is 0 Å². The Bertz CT molecular complexity index is 175. The first-order valence-electron chi connectivity index (χ1n) is 4.35. The fourth-order valence-corrected chi connectivity index (χ4v) is 1.21. The lowest BCUT2D eigenvalue weighted by molar-refractivity contribution is -0.146. The topological polar surface area (TPSA) is 46.5 Å². The lowest BCUT2D eigenvalue weighted by atomic mass is 10.1. The maximum Gasteiger partial charge on any atom is 0.309 e. The minimum absolute atomic E-state index is 0.0847. The summed E-state index contributed by atoms with van der Waals surface area (Å²) in [6.07, 6.45) is 1.48. The third-order valence-electron chi connectivity index (χ3n) is 2.34. The quantitative estimate of drug-likeness (QED) is 0.507. The predicted molar refractivity (Wildman–Crippen MR) is 44.5 cm³/mol. The SMILES string of the molecule is CC1(C)CC1C(=O)OCCCO. The molecule has 0 heterocycles. The summed E-state index contributed by atoms with van der Waals surface area (Å²) < 4.78 is 4.94. The van der Waals surface area contributed by atoms with E-state index in [0.717, 1.165) is 6.42 Å². The summed E-state index contributed by atoms with van der Waals surface area (Å²) in [6.45, 7) is 4.55. The Labute approximate surface area is 72.7 Å². The third-order valence-corrected chi connectivity index (χ3v) is 2.34. The number of rotatable bonds is 4. The summed E-state index contributed by atoms with van der Waals surface area (Å²) in [4.78, 5) is 11.2. The van der Waals surface area contributed by atoms with Gasteiger partial charge in [-0.15, -0.1) is 0 Å². The van der Waals surface area contributed by atoms with Gasteiger partial charge in [0.15, 0.2) is 0 Å². The van der Waals surface area contributed by atoms with Crippen LogP contribution in [0.15, 0.2) is 0 Å². The molecule has 3 heteroatoms. The van der Waals surface area contributed by atoms with Crippen molar-refractivity contribution >= 4 is 5.97 Å². The minimum atomic E-state index is -0.103. The van der Waals surface area contributed by atoms with Crippen molar-refractivity contribution in [3.8, 4) is 0 Å². The average Bonchev–Trinajstić information content (AvgIpc) is 2.60. The first kappa shape index (κ1) is 9.52. The van der Waals surface area contributed by atoms with E-state index in [1.165, 1.54) is 0 Å². The normalized spacial score (nSPS) is 25.1. The van der Waals surface area contributed by atoms with E-state index in [1.807, 2.05) is 0 Å². The second kappa shape index (κ2) is 3.44. The maximum atomic E-state index is 11.2. The maximum absolute atomic E-state index is 11.2. The van der Waals surface area contributed by atoms with Crippen molar-refractivity contribution in [2.75, 3.05) is 13.2 Å². The molecule has 0 aromatic heterocycles. The van der Waals surface area contributed by atoms with Crippen LogP contribution in [0.3, 0.4) is 0 Å². The number of carbonyl (C=O) groups is 1. The Morgan fingerprint density at radius 3 is 2.67 bits per heavy atom. The fraction of sp³-hybridized carbons (Fsp3) is 0.889. The van der Waals surface area contributed by atoms with Crippen molar-refractivity contribution in [3.05, 3.63) is 0 Å². The highest BCUT2D eigenvalue weighted by molar-refractivity contribution is 5.76. The Morgan fingerprint density at radius 1 is 1.67 bits per heavy atom. The second-order valence-corrected chi connectivity index (χ2v) is 3.99. The molecule has 3 nitrogen and oxygen atoms in total. The Morgan fingerprint density at radius 2 is 2.25 bits per heavy atom. The lowest BCUT2D eigenvalue weighted by Gasteiger charge is -2.04. The van der Waals surface area contributed by atoms with Crippen molar-refractivity contribution in [3.63, 3.8) is 0 Å². The van der Waals surface area contributed by atoms with E-state index >= 15 is 0 Å². The molecular weight excluding hydrogens is 156 g/mol. The fourth-order valence-electron chi connectivity index (χ4n) is 1.21. The molecule has 0 aromatic rings. The average molecular weight is 172 g/mol. The molecule has 0 bridgehead atoms. The summed E-state index contributed by atoms with van der Waals surface area (Å²) >= 11 is 0. The van der Waals surface area contributed by atoms with Crippen LogP contribution in [-0.2, 0) is 9.53 Å². The highest BCUT2D eigenvalue weighted by atomic mass is 16.5. The number of hydrogen-bond acceptors (Lipinski definition) is 3. The first-order valence-corrected chi connectivity index (χ1v) is 4.35. The third kappa shape index (κ3) is 2.21. The number of ether oxygens (including phenoxy) is 1. The largest absolute Gasteiger partial charge is 0.465 e. The molecular formula is C9H16O3. The van der Waals surface area contributed by atoms with E-state index in [4.69, 9.17) is 9.84 Å². The highest BCUT2D eigenvalue weighted by Crippen LogP contribution is 2.52. The second-order valence-electron chi connectivity index (χ2n) is 3.99. The van der Waals surface area contributed by atoms with Gasteiger partial charge < -0.3 is 9.84 Å². The molecule has 0 saturated heterocycles. The van der Waals surface area contributed by atoms with Gasteiger partial charge in [0.25, 0.3) is 0 Å². The first-order chi connectivity index (χ1) is 5.58. The molecule has 1 aliphatic carbocycles. The van der Waals surface area contributed by atoms with Gasteiger partial charge in [-0.1, -0.05) is 13.8 Å². The van der Waals surface area contributed by atoms with Crippen LogP contribution in [-0.4, -0.2) is 24.3 Å². The van der Waals surface area contributed by atoms with E-state index in [1.54, 1.807) is 0 Å². The molecule has 0 aliphatic heterocycles. The van der Waals surface area contributed by atoms with Crippen molar-refractivity contribution in [2.45, 2.75) is 26.7 Å². The van der Waals surface area contributed by atoms with Gasteiger partial charge in [0.2, 0.25) is 0 Å². The van der Waals surface area contributed by atoms with Crippen LogP contribution in [0.4, 0.5) is 0 Å². The Kier molecular flexibility index (Phi) is 2.73. The standard InChI is InChI=1S/C9H16O3/c1-9(2)6-7(9)8(11)12-5-3-4-10/h7,10H,3-6H2,1-2H3. The molecule has 1 saturated carbocycles. The molecule has 1 N–H and O–H groups in total. The number of carbonyl (C=O) groups excluding carboxylic acids is 1. The molecule has 12 heavy (non-hydrogen) atoms. The summed E-state index contributed by atoms with van der Waals surface area (Å²) in [5.41, 5.74) is 0.149. The molecule has 1 aliphatic rings. The summed E-state index contributed by atoms with van der Waals surface area (Å²) in [5.74, 6) is -0.00959. The monoisotopic (exact) mass is 172 g/mol. The van der Waals surface area contributed by atoms with Gasteiger partial charge in [0.1, 0.15) is 0 Å². The molecule has 70 valence electrons. The Hall–Kier alpha value is -0.570. The van der Waals surface area contributed by atoms with Gasteiger partial charge in [0.05, 0.1) is 12.5 Å². The van der Waals surface area contributed by atoms with Crippen LogP contribution in [0.25, 0.3) is 0 Å². The zero-order chi connectivity index (χ0) is 9.19. The van der Waals surface area contributed by atoms with Crippen molar-refractivity contribution in [1.29, 1.82) is 0 Å². The smallest absolute Gasteiger partial charge is 0.309 e. The zero-order valence-electron chi connectivity index (χ0n) is 7.67. The predicted octanol–water partition coefficient (Wildman–Crippen LogP) is 0.958. The number of aliphatic hydroxyl groups is 1. The van der Waals surface area contributed by atoms with Crippen LogP contribution in [0.2, 0.25) is 0 Å². The lowest BCUT2D eigenvalue weighted by Crippen LogP contribution is -2.11. The molecule has 1 fully saturated rings. The van der Waals surface area contributed by atoms with Crippen molar-refractivity contribution in [2.24, 2.45) is 11.3 Å².